The molecule has 0 amide bonds. The average molecular weight is 418 g/mol. The summed E-state index contributed by atoms with van der Waals surface area (Å²) >= 11 is 1.47. The average Bonchev–Trinajstić information content (AvgIpc) is 3.16. The van der Waals surface area contributed by atoms with Gasteiger partial charge in [0.1, 0.15) is 5.82 Å². The maximum atomic E-state index is 13.4. The van der Waals surface area contributed by atoms with E-state index in [0.29, 0.717) is 4.80 Å². The quantitative estimate of drug-likeness (QED) is 0.432. The van der Waals surface area contributed by atoms with E-state index in [1.54, 1.807) is 35.4 Å². The molecule has 0 N–H and O–H groups in total. The molecule has 2 heterocycles. The van der Waals surface area contributed by atoms with E-state index in [2.05, 4.69) is 15.1 Å². The summed E-state index contributed by atoms with van der Waals surface area (Å²) in [5, 5.41) is 6.65. The zero-order valence-electron chi connectivity index (χ0n) is 16.6. The topological polar surface area (TPSA) is 45.8 Å². The predicted molar refractivity (Wildman–Crippen MR) is 121 cm³/mol. The van der Waals surface area contributed by atoms with Crippen LogP contribution in [-0.4, -0.2) is 30.0 Å². The van der Waals surface area contributed by atoms with Crippen molar-refractivity contribution in [3.05, 3.63) is 94.6 Å². The molecule has 150 valence electrons. The third kappa shape index (κ3) is 4.52. The number of aromatic nitrogens is 2. The molecule has 30 heavy (non-hydrogen) atoms. The van der Waals surface area contributed by atoms with Gasteiger partial charge in [0.05, 0.1) is 23.8 Å². The Labute approximate surface area is 178 Å². The Bertz CT molecular complexity index is 1210. The van der Waals surface area contributed by atoms with Crippen LogP contribution in [0.3, 0.4) is 0 Å². The third-order valence-electron chi connectivity index (χ3n) is 4.43. The first-order valence-electron chi connectivity index (χ1n) is 9.33. The van der Waals surface area contributed by atoms with E-state index in [-0.39, 0.29) is 5.82 Å². The molecule has 4 aromatic rings. The minimum Gasteiger partial charge on any atom is -0.378 e. The highest BCUT2D eigenvalue weighted by Gasteiger charge is 2.08. The fraction of sp³-hybridized carbons (Fsp3) is 0.0870. The van der Waals surface area contributed by atoms with Gasteiger partial charge in [0.2, 0.25) is 4.80 Å². The van der Waals surface area contributed by atoms with E-state index in [4.69, 9.17) is 0 Å². The van der Waals surface area contributed by atoms with Crippen LogP contribution < -0.4 is 9.70 Å². The molecule has 2 aromatic heterocycles. The normalized spacial score (nSPS) is 11.9. The number of nitrogens with zero attached hydrogens (tertiary/aromatic N) is 5. The molecule has 0 aliphatic carbocycles. The molecule has 5 nitrogen and oxygen atoms in total. The highest BCUT2D eigenvalue weighted by molar-refractivity contribution is 7.07. The van der Waals surface area contributed by atoms with Gasteiger partial charge in [-0.25, -0.2) is 14.1 Å². The number of rotatable bonds is 5. The van der Waals surface area contributed by atoms with Crippen LogP contribution in [0.4, 0.5) is 15.8 Å². The molecule has 0 spiro atoms. The number of anilines is 1. The van der Waals surface area contributed by atoms with Crippen LogP contribution in [0.25, 0.3) is 11.3 Å². The van der Waals surface area contributed by atoms with Crippen molar-refractivity contribution >= 4 is 28.9 Å². The molecule has 0 radical (unpaired) electrons. The van der Waals surface area contributed by atoms with Crippen molar-refractivity contribution in [3.8, 4) is 11.3 Å². The molecule has 0 atom stereocenters. The van der Waals surface area contributed by atoms with E-state index in [1.165, 1.54) is 23.5 Å². The van der Waals surface area contributed by atoms with Gasteiger partial charge < -0.3 is 4.90 Å². The summed E-state index contributed by atoms with van der Waals surface area (Å²) in [6.45, 7) is 0. The number of hydrogen-bond donors (Lipinski definition) is 0. The maximum absolute atomic E-state index is 13.4. The Morgan fingerprint density at radius 3 is 2.47 bits per heavy atom. The molecule has 2 aromatic carbocycles. The lowest BCUT2D eigenvalue weighted by atomic mass is 10.2. The first-order chi connectivity index (χ1) is 14.6. The van der Waals surface area contributed by atoms with Crippen LogP contribution in [0.15, 0.2) is 88.5 Å². The summed E-state index contributed by atoms with van der Waals surface area (Å²) in [6, 6.07) is 18.2. The molecule has 7 heteroatoms. The van der Waals surface area contributed by atoms with E-state index in [1.807, 2.05) is 60.8 Å². The third-order valence-corrected chi connectivity index (χ3v) is 5.24. The zero-order valence-corrected chi connectivity index (χ0v) is 17.4. The van der Waals surface area contributed by atoms with E-state index < -0.39 is 0 Å². The highest BCUT2D eigenvalue weighted by Crippen LogP contribution is 2.21. The van der Waals surface area contributed by atoms with Crippen molar-refractivity contribution in [1.82, 2.24) is 9.66 Å². The number of benzene rings is 2. The SMILES string of the molecule is CN(C)c1ccc(C=Nn2c(-c3ccc(F)cc3)csc2=Nc2cccnc2)cc1. The van der Waals surface area contributed by atoms with Gasteiger partial charge in [-0.15, -0.1) is 11.3 Å². The van der Waals surface area contributed by atoms with Gasteiger partial charge in [0.15, 0.2) is 0 Å². The zero-order chi connectivity index (χ0) is 20.9. The molecular formula is C23H20FN5S. The van der Waals surface area contributed by atoms with Crippen LogP contribution >= 0.6 is 11.3 Å². The molecule has 0 saturated carbocycles. The van der Waals surface area contributed by atoms with Crippen molar-refractivity contribution < 1.29 is 4.39 Å². The Hall–Kier alpha value is -3.58. The highest BCUT2D eigenvalue weighted by atomic mass is 32.1. The van der Waals surface area contributed by atoms with Crippen LogP contribution in [-0.2, 0) is 0 Å². The maximum Gasteiger partial charge on any atom is 0.211 e. The first-order valence-corrected chi connectivity index (χ1v) is 10.2. The molecule has 0 bridgehead atoms. The number of hydrogen-bond acceptors (Lipinski definition) is 5. The second-order valence-electron chi connectivity index (χ2n) is 6.78. The summed E-state index contributed by atoms with van der Waals surface area (Å²) < 4.78 is 15.2. The lowest BCUT2D eigenvalue weighted by molar-refractivity contribution is 0.628. The second-order valence-corrected chi connectivity index (χ2v) is 7.61. The Kier molecular flexibility index (Phi) is 5.81. The van der Waals surface area contributed by atoms with Crippen molar-refractivity contribution in [2.75, 3.05) is 19.0 Å². The van der Waals surface area contributed by atoms with Gasteiger partial charge in [-0.2, -0.15) is 5.10 Å². The minimum absolute atomic E-state index is 0.273. The Morgan fingerprint density at radius 2 is 1.80 bits per heavy atom. The summed E-state index contributed by atoms with van der Waals surface area (Å²) in [5.74, 6) is -0.273. The molecule has 0 aliphatic heterocycles. The van der Waals surface area contributed by atoms with Crippen LogP contribution in [0.5, 0.6) is 0 Å². The van der Waals surface area contributed by atoms with E-state index in [0.717, 1.165) is 28.2 Å². The first kappa shape index (κ1) is 19.7. The van der Waals surface area contributed by atoms with Crippen LogP contribution in [0.2, 0.25) is 0 Å². The minimum atomic E-state index is -0.273. The van der Waals surface area contributed by atoms with Crippen molar-refractivity contribution in [2.45, 2.75) is 0 Å². The van der Waals surface area contributed by atoms with Crippen molar-refractivity contribution in [2.24, 2.45) is 10.1 Å². The number of halogens is 1. The summed E-state index contributed by atoms with van der Waals surface area (Å²) in [7, 11) is 4.01. The van der Waals surface area contributed by atoms with Gasteiger partial charge in [0, 0.05) is 36.9 Å². The van der Waals surface area contributed by atoms with E-state index in [9.17, 15) is 4.39 Å². The van der Waals surface area contributed by atoms with Crippen LogP contribution in [0.1, 0.15) is 5.56 Å². The van der Waals surface area contributed by atoms with Gasteiger partial charge in [-0.05, 0) is 54.1 Å². The molecule has 0 saturated heterocycles. The fourth-order valence-corrected chi connectivity index (χ4v) is 3.68. The van der Waals surface area contributed by atoms with Crippen LogP contribution in [0, 0.1) is 5.82 Å². The fourth-order valence-electron chi connectivity index (χ4n) is 2.82. The van der Waals surface area contributed by atoms with Gasteiger partial charge in [0.25, 0.3) is 0 Å². The molecule has 0 fully saturated rings. The van der Waals surface area contributed by atoms with Crippen molar-refractivity contribution in [3.63, 3.8) is 0 Å². The lowest BCUT2D eigenvalue weighted by Gasteiger charge is -2.11. The largest absolute Gasteiger partial charge is 0.378 e. The monoisotopic (exact) mass is 417 g/mol. The summed E-state index contributed by atoms with van der Waals surface area (Å²) in [6.07, 6.45) is 5.20. The smallest absolute Gasteiger partial charge is 0.211 e. The van der Waals surface area contributed by atoms with Crippen molar-refractivity contribution in [1.29, 1.82) is 0 Å². The summed E-state index contributed by atoms with van der Waals surface area (Å²) in [4.78, 5) is 11.5. The van der Waals surface area contributed by atoms with E-state index >= 15 is 0 Å². The Morgan fingerprint density at radius 1 is 1.03 bits per heavy atom. The van der Waals surface area contributed by atoms with Gasteiger partial charge in [-0.1, -0.05) is 12.1 Å². The molecule has 0 aliphatic rings. The molecule has 4 rings (SSSR count). The second kappa shape index (κ2) is 8.84. The van der Waals surface area contributed by atoms with Gasteiger partial charge >= 0.3 is 0 Å². The number of thiazole rings is 1. The predicted octanol–water partition coefficient (Wildman–Crippen LogP) is 4.93. The number of pyridine rings is 1. The Balaban J connectivity index is 1.77. The van der Waals surface area contributed by atoms with Gasteiger partial charge in [-0.3, -0.25) is 4.98 Å². The molecule has 0 unspecified atom stereocenters. The lowest BCUT2D eigenvalue weighted by Crippen LogP contribution is -2.11. The molecular weight excluding hydrogens is 397 g/mol. The summed E-state index contributed by atoms with van der Waals surface area (Å²) in [5.41, 5.74) is 4.53. The standard InChI is InChI=1S/C23H20FN5S/c1-28(2)21-11-5-17(6-12-21)14-26-29-22(18-7-9-19(24)10-8-18)16-30-23(29)27-20-4-3-13-25-15-20/h3-16H,1-2H3.